The highest BCUT2D eigenvalue weighted by molar-refractivity contribution is 7.46. The molecule has 0 aliphatic carbocycles. The largest absolute Gasteiger partial charge is 0.524 e. The van der Waals surface area contributed by atoms with Gasteiger partial charge in [-0.15, -0.1) is 0 Å². The number of hydrogen-bond donors (Lipinski definition) is 2. The molecule has 0 saturated carbocycles. The summed E-state index contributed by atoms with van der Waals surface area (Å²) < 4.78 is 16.2. The molecule has 0 aliphatic rings. The van der Waals surface area contributed by atoms with Gasteiger partial charge in [0.2, 0.25) is 0 Å². The lowest BCUT2D eigenvalue weighted by molar-refractivity contribution is 0.281. The predicted octanol–water partition coefficient (Wildman–Crippen LogP) is 4.40. The second kappa shape index (κ2) is 7.66. The number of phosphoric ester groups is 1. The van der Waals surface area contributed by atoms with Crippen LogP contribution in [0.4, 0.5) is 0 Å². The Morgan fingerprint density at radius 1 is 0.880 bits per heavy atom. The van der Waals surface area contributed by atoms with Crippen LogP contribution in [0.1, 0.15) is 51.3 Å². The van der Waals surface area contributed by atoms with Crippen molar-refractivity contribution in [3.05, 3.63) is 65.2 Å². The van der Waals surface area contributed by atoms with Crippen LogP contribution < -0.4 is 4.52 Å². The molecule has 0 amide bonds. The molecule has 2 N–H and O–H groups in total. The second-order valence-corrected chi connectivity index (χ2v) is 8.70. The molecule has 0 saturated heterocycles. The molecule has 133 valence electrons. The summed E-state index contributed by atoms with van der Waals surface area (Å²) in [5, 5.41) is 0. The van der Waals surface area contributed by atoms with Gasteiger partial charge in [0, 0.05) is 28.3 Å². The van der Waals surface area contributed by atoms with Crippen LogP contribution in [0.2, 0.25) is 0 Å². The van der Waals surface area contributed by atoms with Gasteiger partial charge in [-0.25, -0.2) is 4.57 Å². The van der Waals surface area contributed by atoms with Crippen LogP contribution in [0.25, 0.3) is 0 Å². The molecular formula is C19H25AlO4P. The molecule has 4 nitrogen and oxygen atoms in total. The van der Waals surface area contributed by atoms with Crippen LogP contribution in [0, 0.1) is 0 Å². The number of rotatable bonds is 4. The molecule has 0 aromatic heterocycles. The minimum absolute atomic E-state index is 0. The molecule has 0 fully saturated rings. The maximum absolute atomic E-state index is 11.3. The zero-order chi connectivity index (χ0) is 18.2. The van der Waals surface area contributed by atoms with E-state index in [4.69, 9.17) is 14.3 Å². The first-order chi connectivity index (χ1) is 10.9. The molecule has 0 heterocycles. The van der Waals surface area contributed by atoms with E-state index in [1.807, 2.05) is 51.1 Å². The van der Waals surface area contributed by atoms with Gasteiger partial charge in [-0.1, -0.05) is 77.1 Å². The fraction of sp³-hybridized carbons (Fsp3) is 0.368. The van der Waals surface area contributed by atoms with E-state index >= 15 is 0 Å². The van der Waals surface area contributed by atoms with Gasteiger partial charge in [0.15, 0.2) is 0 Å². The van der Waals surface area contributed by atoms with Crippen molar-refractivity contribution in [1.82, 2.24) is 0 Å². The highest BCUT2D eigenvalue weighted by Gasteiger charge is 2.29. The Balaban J connectivity index is 0.00000312. The Morgan fingerprint density at radius 3 is 1.92 bits per heavy atom. The van der Waals surface area contributed by atoms with Crippen LogP contribution >= 0.6 is 7.82 Å². The van der Waals surface area contributed by atoms with Crippen molar-refractivity contribution in [2.24, 2.45) is 0 Å². The highest BCUT2D eigenvalue weighted by Crippen LogP contribution is 2.44. The minimum atomic E-state index is -4.60. The van der Waals surface area contributed by atoms with Crippen LogP contribution in [-0.2, 0) is 15.4 Å². The summed E-state index contributed by atoms with van der Waals surface area (Å²) in [4.78, 5) is 18.3. The normalized spacial score (nSPS) is 12.4. The van der Waals surface area contributed by atoms with E-state index in [0.717, 1.165) is 11.1 Å². The van der Waals surface area contributed by atoms with Gasteiger partial charge in [-0.3, -0.25) is 9.79 Å². The molecule has 0 atom stereocenters. The third kappa shape index (κ3) is 5.45. The van der Waals surface area contributed by atoms with Crippen molar-refractivity contribution in [2.45, 2.75) is 45.4 Å². The zero-order valence-corrected chi connectivity index (χ0v) is 17.4. The van der Waals surface area contributed by atoms with Gasteiger partial charge in [0.1, 0.15) is 5.75 Å². The van der Waals surface area contributed by atoms with Gasteiger partial charge >= 0.3 is 7.82 Å². The predicted molar refractivity (Wildman–Crippen MR) is 102 cm³/mol. The fourth-order valence-corrected chi connectivity index (χ4v) is 3.15. The quantitative estimate of drug-likeness (QED) is 0.614. The topological polar surface area (TPSA) is 66.8 Å². The molecule has 3 radical (unpaired) electrons. The highest BCUT2D eigenvalue weighted by atomic mass is 31.2. The summed E-state index contributed by atoms with van der Waals surface area (Å²) in [6.45, 7) is 10.2. The molecule has 2 aromatic carbocycles. The van der Waals surface area contributed by atoms with Crippen LogP contribution in [-0.4, -0.2) is 27.1 Å². The Kier molecular flexibility index (Phi) is 6.73. The second-order valence-electron chi connectivity index (χ2n) is 7.53. The Labute approximate surface area is 160 Å². The first kappa shape index (κ1) is 22.0. The lowest BCUT2D eigenvalue weighted by Crippen LogP contribution is -2.21. The van der Waals surface area contributed by atoms with Crippen molar-refractivity contribution >= 4 is 25.2 Å². The first-order valence-electron chi connectivity index (χ1n) is 7.87. The summed E-state index contributed by atoms with van der Waals surface area (Å²) in [7, 11) is -4.60. The van der Waals surface area contributed by atoms with Crippen molar-refractivity contribution < 1.29 is 18.9 Å². The van der Waals surface area contributed by atoms with Crippen molar-refractivity contribution in [2.75, 3.05) is 0 Å². The minimum Gasteiger partial charge on any atom is -0.404 e. The lowest BCUT2D eigenvalue weighted by atomic mass is 9.75. The average Bonchev–Trinajstić information content (AvgIpc) is 2.45. The number of phosphoric acid groups is 1. The third-order valence-corrected chi connectivity index (χ3v) is 4.66. The fourth-order valence-electron chi connectivity index (χ4n) is 2.73. The van der Waals surface area contributed by atoms with Crippen LogP contribution in [0.5, 0.6) is 5.75 Å². The Bertz CT molecular complexity index is 761. The van der Waals surface area contributed by atoms with Crippen molar-refractivity contribution in [3.63, 3.8) is 0 Å². The summed E-state index contributed by atoms with van der Waals surface area (Å²) >= 11 is 0. The van der Waals surface area contributed by atoms with E-state index in [2.05, 4.69) is 26.0 Å². The maximum Gasteiger partial charge on any atom is 0.524 e. The standard InChI is InChI=1S/C19H25O4P.Al/c1-18(2,3)16-13-15(11-12-17(16)23-24(20,21)22)19(4,5)14-9-7-6-8-10-14;/h6-13H,1-5H3,(H2,20,21,22);. The van der Waals surface area contributed by atoms with Gasteiger partial charge in [0.05, 0.1) is 0 Å². The van der Waals surface area contributed by atoms with Crippen molar-refractivity contribution in [1.29, 1.82) is 0 Å². The van der Waals surface area contributed by atoms with E-state index in [0.29, 0.717) is 0 Å². The monoisotopic (exact) mass is 375 g/mol. The molecular weight excluding hydrogens is 350 g/mol. The smallest absolute Gasteiger partial charge is 0.404 e. The van der Waals surface area contributed by atoms with E-state index < -0.39 is 7.82 Å². The van der Waals surface area contributed by atoms with E-state index in [9.17, 15) is 4.57 Å². The molecule has 0 aliphatic heterocycles. The molecule has 2 aromatic rings. The van der Waals surface area contributed by atoms with Crippen LogP contribution in [0.15, 0.2) is 48.5 Å². The number of benzene rings is 2. The van der Waals surface area contributed by atoms with Crippen molar-refractivity contribution in [3.8, 4) is 5.75 Å². The molecule has 25 heavy (non-hydrogen) atoms. The zero-order valence-electron chi connectivity index (χ0n) is 15.4. The third-order valence-electron chi connectivity index (χ3n) is 4.22. The van der Waals surface area contributed by atoms with Gasteiger partial charge in [-0.05, 0) is 22.6 Å². The van der Waals surface area contributed by atoms with E-state index in [1.54, 1.807) is 6.07 Å². The number of hydrogen-bond acceptors (Lipinski definition) is 2. The summed E-state index contributed by atoms with van der Waals surface area (Å²) in [6.07, 6.45) is 0. The SMILES string of the molecule is CC(C)(C)c1cc(C(C)(C)c2ccccc2)ccc1OP(=O)(O)O.[Al]. The molecule has 0 bridgehead atoms. The summed E-state index contributed by atoms with van der Waals surface area (Å²) in [6, 6.07) is 15.7. The lowest BCUT2D eigenvalue weighted by Gasteiger charge is -2.30. The molecule has 0 spiro atoms. The van der Waals surface area contributed by atoms with E-state index in [1.165, 1.54) is 5.56 Å². The first-order valence-corrected chi connectivity index (χ1v) is 9.40. The van der Waals surface area contributed by atoms with E-state index in [-0.39, 0.29) is 33.9 Å². The van der Waals surface area contributed by atoms with Crippen LogP contribution in [0.3, 0.4) is 0 Å². The van der Waals surface area contributed by atoms with Gasteiger partial charge in [0.25, 0.3) is 0 Å². The Morgan fingerprint density at radius 2 is 1.44 bits per heavy atom. The van der Waals surface area contributed by atoms with Gasteiger partial charge < -0.3 is 4.52 Å². The average molecular weight is 375 g/mol. The van der Waals surface area contributed by atoms with Gasteiger partial charge in [-0.2, -0.15) is 0 Å². The Hall–Kier alpha value is -1.08. The maximum atomic E-state index is 11.3. The molecule has 0 unspecified atom stereocenters. The summed E-state index contributed by atoms with van der Waals surface area (Å²) in [5.74, 6) is 0.225. The molecule has 2 rings (SSSR count). The summed E-state index contributed by atoms with van der Waals surface area (Å²) in [5.41, 5.74) is 2.47. The molecule has 6 heteroatoms.